The van der Waals surface area contributed by atoms with Crippen molar-refractivity contribution in [3.05, 3.63) is 35.1 Å². The van der Waals surface area contributed by atoms with Crippen molar-refractivity contribution in [2.24, 2.45) is 7.05 Å². The van der Waals surface area contributed by atoms with Crippen LogP contribution in [0, 0.1) is 0 Å². The molecule has 0 fully saturated rings. The fourth-order valence-corrected chi connectivity index (χ4v) is 2.35. The van der Waals surface area contributed by atoms with Gasteiger partial charge in [0, 0.05) is 11.9 Å². The second kappa shape index (κ2) is 4.77. The zero-order valence-corrected chi connectivity index (χ0v) is 10.4. The van der Waals surface area contributed by atoms with Gasteiger partial charge in [-0.15, -0.1) is 0 Å². The molecular formula is C10H8ClN3O2S. The molecule has 17 heavy (non-hydrogen) atoms. The normalized spacial score (nSPS) is 10.5. The lowest BCUT2D eigenvalue weighted by molar-refractivity contribution is 0.0697. The number of aryl methyl sites for hydroxylation is 1. The van der Waals surface area contributed by atoms with Crippen molar-refractivity contribution in [1.82, 2.24) is 14.8 Å². The van der Waals surface area contributed by atoms with Gasteiger partial charge in [0.05, 0.1) is 10.6 Å². The molecule has 0 spiro atoms. The van der Waals surface area contributed by atoms with E-state index in [9.17, 15) is 4.79 Å². The second-order valence-electron chi connectivity index (χ2n) is 3.22. The molecule has 0 amide bonds. The van der Waals surface area contributed by atoms with Crippen LogP contribution < -0.4 is 0 Å². The number of aromatic carboxylic acids is 1. The van der Waals surface area contributed by atoms with Crippen molar-refractivity contribution in [2.45, 2.75) is 10.1 Å². The highest BCUT2D eigenvalue weighted by Gasteiger charge is 2.10. The number of hydrogen-bond acceptors (Lipinski definition) is 4. The van der Waals surface area contributed by atoms with Crippen LogP contribution >= 0.6 is 23.4 Å². The maximum atomic E-state index is 10.8. The van der Waals surface area contributed by atoms with E-state index in [0.717, 1.165) is 4.90 Å². The molecule has 1 aromatic carbocycles. The minimum atomic E-state index is -1.04. The number of carbonyl (C=O) groups is 1. The third-order valence-corrected chi connectivity index (χ3v) is 3.40. The molecule has 88 valence electrons. The summed E-state index contributed by atoms with van der Waals surface area (Å²) in [6.45, 7) is 0. The molecule has 1 heterocycles. The highest BCUT2D eigenvalue weighted by molar-refractivity contribution is 7.99. The van der Waals surface area contributed by atoms with Crippen molar-refractivity contribution in [2.75, 3.05) is 0 Å². The average Bonchev–Trinajstić information content (AvgIpc) is 2.64. The first-order valence-electron chi connectivity index (χ1n) is 4.62. The largest absolute Gasteiger partial charge is 0.478 e. The van der Waals surface area contributed by atoms with Gasteiger partial charge < -0.3 is 5.11 Å². The first-order valence-corrected chi connectivity index (χ1v) is 5.82. The zero-order chi connectivity index (χ0) is 12.4. The molecular weight excluding hydrogens is 262 g/mol. The number of aromatic nitrogens is 3. The predicted octanol–water partition coefficient (Wildman–Crippen LogP) is 2.32. The van der Waals surface area contributed by atoms with Crippen molar-refractivity contribution >= 4 is 29.3 Å². The van der Waals surface area contributed by atoms with Gasteiger partial charge in [0.1, 0.15) is 6.33 Å². The summed E-state index contributed by atoms with van der Waals surface area (Å²) in [7, 11) is 1.78. The minimum absolute atomic E-state index is 0.0916. The monoisotopic (exact) mass is 269 g/mol. The summed E-state index contributed by atoms with van der Waals surface area (Å²) in [6, 6.07) is 4.77. The Bertz CT molecular complexity index is 570. The molecule has 2 aromatic rings. The minimum Gasteiger partial charge on any atom is -0.478 e. The molecule has 5 nitrogen and oxygen atoms in total. The van der Waals surface area contributed by atoms with Gasteiger partial charge in [-0.25, -0.2) is 14.5 Å². The third-order valence-electron chi connectivity index (χ3n) is 2.05. The average molecular weight is 270 g/mol. The van der Waals surface area contributed by atoms with E-state index in [4.69, 9.17) is 16.7 Å². The van der Waals surface area contributed by atoms with Gasteiger partial charge in [0.2, 0.25) is 0 Å². The second-order valence-corrected chi connectivity index (χ2v) is 4.66. The number of benzene rings is 1. The SMILES string of the molecule is Cn1ncnc1Sc1ccc(C(=O)O)c(Cl)c1. The Hall–Kier alpha value is -1.53. The number of carboxylic acids is 1. The lowest BCUT2D eigenvalue weighted by atomic mass is 10.2. The number of halogens is 1. The summed E-state index contributed by atoms with van der Waals surface area (Å²) >= 11 is 7.23. The summed E-state index contributed by atoms with van der Waals surface area (Å²) in [5, 5.41) is 13.7. The lowest BCUT2D eigenvalue weighted by Crippen LogP contribution is -1.97. The first-order chi connectivity index (χ1) is 8.08. The van der Waals surface area contributed by atoms with Gasteiger partial charge in [-0.2, -0.15) is 5.10 Å². The number of nitrogens with zero attached hydrogens (tertiary/aromatic N) is 3. The molecule has 0 bridgehead atoms. The van der Waals surface area contributed by atoms with Gasteiger partial charge in [-0.1, -0.05) is 23.4 Å². The Morgan fingerprint density at radius 1 is 1.53 bits per heavy atom. The fraction of sp³-hybridized carbons (Fsp3) is 0.100. The van der Waals surface area contributed by atoms with Crippen LogP contribution in [0.5, 0.6) is 0 Å². The zero-order valence-electron chi connectivity index (χ0n) is 8.79. The van der Waals surface area contributed by atoms with Gasteiger partial charge >= 0.3 is 5.97 Å². The molecule has 0 radical (unpaired) electrons. The molecule has 0 unspecified atom stereocenters. The highest BCUT2D eigenvalue weighted by atomic mass is 35.5. The van der Waals surface area contributed by atoms with Crippen LogP contribution in [0.2, 0.25) is 5.02 Å². The van der Waals surface area contributed by atoms with E-state index in [0.29, 0.717) is 5.16 Å². The summed E-state index contributed by atoms with van der Waals surface area (Å²) in [5.41, 5.74) is 0.0916. The topological polar surface area (TPSA) is 68.0 Å². The summed E-state index contributed by atoms with van der Waals surface area (Å²) < 4.78 is 1.63. The van der Waals surface area contributed by atoms with Crippen molar-refractivity contribution < 1.29 is 9.90 Å². The Morgan fingerprint density at radius 3 is 2.82 bits per heavy atom. The summed E-state index contributed by atoms with van der Waals surface area (Å²) in [4.78, 5) is 15.7. The summed E-state index contributed by atoms with van der Waals surface area (Å²) in [6.07, 6.45) is 1.45. The Labute approximate surface area is 106 Å². The van der Waals surface area contributed by atoms with Crippen LogP contribution in [0.3, 0.4) is 0 Å². The third kappa shape index (κ3) is 2.59. The van der Waals surface area contributed by atoms with Crippen molar-refractivity contribution in [1.29, 1.82) is 0 Å². The van der Waals surface area contributed by atoms with Crippen LogP contribution in [0.1, 0.15) is 10.4 Å². The molecule has 0 aliphatic heterocycles. The Kier molecular flexibility index (Phi) is 3.35. The van der Waals surface area contributed by atoms with Crippen molar-refractivity contribution in [3.63, 3.8) is 0 Å². The maximum absolute atomic E-state index is 10.8. The van der Waals surface area contributed by atoms with E-state index in [-0.39, 0.29) is 10.6 Å². The van der Waals surface area contributed by atoms with Gasteiger partial charge in [0.25, 0.3) is 0 Å². The van der Waals surface area contributed by atoms with Crippen LogP contribution in [0.25, 0.3) is 0 Å². The van der Waals surface area contributed by atoms with Gasteiger partial charge in [0.15, 0.2) is 5.16 Å². The van der Waals surface area contributed by atoms with Gasteiger partial charge in [-0.05, 0) is 18.2 Å². The van der Waals surface area contributed by atoms with Gasteiger partial charge in [-0.3, -0.25) is 0 Å². The quantitative estimate of drug-likeness (QED) is 0.926. The fourth-order valence-electron chi connectivity index (χ4n) is 1.22. The van der Waals surface area contributed by atoms with Crippen LogP contribution in [0.4, 0.5) is 0 Å². The molecule has 0 atom stereocenters. The molecule has 7 heteroatoms. The molecule has 0 aliphatic rings. The predicted molar refractivity (Wildman–Crippen MR) is 63.5 cm³/mol. The van der Waals surface area contributed by atoms with Crippen LogP contribution in [-0.2, 0) is 7.05 Å². The molecule has 0 saturated heterocycles. The molecule has 1 N–H and O–H groups in total. The molecule has 1 aromatic heterocycles. The van der Waals surface area contributed by atoms with E-state index in [1.807, 2.05) is 0 Å². The Morgan fingerprint density at radius 2 is 2.29 bits per heavy atom. The van der Waals surface area contributed by atoms with Crippen LogP contribution in [-0.4, -0.2) is 25.8 Å². The smallest absolute Gasteiger partial charge is 0.337 e. The number of hydrogen-bond donors (Lipinski definition) is 1. The van der Waals surface area contributed by atoms with E-state index >= 15 is 0 Å². The maximum Gasteiger partial charge on any atom is 0.337 e. The van der Waals surface area contributed by atoms with E-state index in [2.05, 4.69) is 10.1 Å². The number of rotatable bonds is 3. The molecule has 2 rings (SSSR count). The van der Waals surface area contributed by atoms with Crippen LogP contribution in [0.15, 0.2) is 34.6 Å². The van der Waals surface area contributed by atoms with E-state index < -0.39 is 5.97 Å². The Balaban J connectivity index is 2.27. The van der Waals surface area contributed by atoms with E-state index in [1.165, 1.54) is 24.2 Å². The highest BCUT2D eigenvalue weighted by Crippen LogP contribution is 2.29. The number of carboxylic acid groups (broad SMARTS) is 1. The lowest BCUT2D eigenvalue weighted by Gasteiger charge is -2.03. The first kappa shape index (κ1) is 11.9. The molecule has 0 aliphatic carbocycles. The summed E-state index contributed by atoms with van der Waals surface area (Å²) in [5.74, 6) is -1.04. The van der Waals surface area contributed by atoms with Crippen molar-refractivity contribution in [3.8, 4) is 0 Å². The van der Waals surface area contributed by atoms with E-state index in [1.54, 1.807) is 23.9 Å². The molecule has 0 saturated carbocycles. The standard InChI is InChI=1S/C10H8ClN3O2S/c1-14-10(12-5-13-14)17-6-2-3-7(9(15)16)8(11)4-6/h2-5H,1H3,(H,15,16).